The van der Waals surface area contributed by atoms with Gasteiger partial charge in [-0.3, -0.25) is 0 Å². The molecule has 0 unspecified atom stereocenters. The normalized spacial score (nSPS) is 10.4. The van der Waals surface area contributed by atoms with Crippen LogP contribution < -0.4 is 0 Å². The van der Waals surface area contributed by atoms with Gasteiger partial charge in [-0.15, -0.1) is 0 Å². The van der Waals surface area contributed by atoms with Crippen molar-refractivity contribution in [1.29, 1.82) is 0 Å². The van der Waals surface area contributed by atoms with Gasteiger partial charge in [-0.25, -0.2) is 0 Å². The predicted octanol–water partition coefficient (Wildman–Crippen LogP) is 4.37. The highest BCUT2D eigenvalue weighted by molar-refractivity contribution is 7.80. The highest BCUT2D eigenvalue weighted by atomic mass is 35.5. The average Bonchev–Trinajstić information content (AvgIpc) is 2.18. The van der Waals surface area contributed by atoms with Crippen LogP contribution in [-0.4, -0.2) is 5.75 Å². The van der Waals surface area contributed by atoms with Crippen molar-refractivity contribution in [2.24, 2.45) is 0 Å². The summed E-state index contributed by atoms with van der Waals surface area (Å²) in [7, 11) is 0. The van der Waals surface area contributed by atoms with E-state index in [4.69, 9.17) is 11.6 Å². The van der Waals surface area contributed by atoms with Gasteiger partial charge in [-0.1, -0.05) is 36.6 Å². The lowest BCUT2D eigenvalue weighted by molar-refractivity contribution is 0.671. The Kier molecular flexibility index (Phi) is 6.13. The molecular weight excluding hydrogens is 212 g/mol. The maximum atomic E-state index is 5.90. The Morgan fingerprint density at radius 1 is 1.07 bits per heavy atom. The molecule has 0 bridgehead atoms. The van der Waals surface area contributed by atoms with Gasteiger partial charge < -0.3 is 0 Å². The summed E-state index contributed by atoms with van der Waals surface area (Å²) in [6.45, 7) is 0. The first-order chi connectivity index (χ1) is 6.83. The summed E-state index contributed by atoms with van der Waals surface area (Å²) in [6.07, 6.45) is 6.23. The lowest BCUT2D eigenvalue weighted by Gasteiger charge is -2.01. The topological polar surface area (TPSA) is 0 Å². The molecule has 1 aromatic rings. The van der Waals surface area contributed by atoms with Gasteiger partial charge in [0.05, 0.1) is 0 Å². The number of rotatable bonds is 6. The molecule has 0 aliphatic heterocycles. The Balaban J connectivity index is 2.18. The van der Waals surface area contributed by atoms with Crippen molar-refractivity contribution in [2.45, 2.75) is 32.1 Å². The molecule has 0 nitrogen and oxygen atoms in total. The molecule has 0 atom stereocenters. The van der Waals surface area contributed by atoms with Crippen molar-refractivity contribution in [3.05, 3.63) is 34.9 Å². The number of aryl methyl sites for hydroxylation is 1. The van der Waals surface area contributed by atoms with Crippen molar-refractivity contribution >= 4 is 24.2 Å². The molecule has 1 rings (SSSR count). The van der Waals surface area contributed by atoms with E-state index in [1.807, 2.05) is 12.1 Å². The maximum absolute atomic E-state index is 5.90. The van der Waals surface area contributed by atoms with E-state index in [0.717, 1.165) is 17.2 Å². The van der Waals surface area contributed by atoms with E-state index < -0.39 is 0 Å². The minimum atomic E-state index is 0.845. The van der Waals surface area contributed by atoms with Gasteiger partial charge in [0.15, 0.2) is 0 Å². The molecule has 0 aliphatic carbocycles. The van der Waals surface area contributed by atoms with E-state index in [-0.39, 0.29) is 0 Å². The SMILES string of the molecule is SCCCCCCc1cccc(Cl)c1. The molecule has 0 radical (unpaired) electrons. The number of hydrogen-bond donors (Lipinski definition) is 1. The zero-order valence-electron chi connectivity index (χ0n) is 8.38. The first-order valence-corrected chi connectivity index (χ1v) is 6.19. The van der Waals surface area contributed by atoms with Crippen molar-refractivity contribution in [3.8, 4) is 0 Å². The van der Waals surface area contributed by atoms with E-state index in [9.17, 15) is 0 Å². The fraction of sp³-hybridized carbons (Fsp3) is 0.500. The van der Waals surface area contributed by atoms with Crippen LogP contribution in [0.2, 0.25) is 5.02 Å². The Bertz CT molecular complexity index is 260. The molecular formula is C12H17ClS. The molecule has 0 saturated heterocycles. The van der Waals surface area contributed by atoms with Crippen LogP contribution in [0.1, 0.15) is 31.2 Å². The van der Waals surface area contributed by atoms with E-state index in [2.05, 4.69) is 24.8 Å². The number of benzene rings is 1. The van der Waals surface area contributed by atoms with Crippen LogP contribution in [0.3, 0.4) is 0 Å². The van der Waals surface area contributed by atoms with Crippen molar-refractivity contribution in [3.63, 3.8) is 0 Å². The fourth-order valence-electron chi connectivity index (χ4n) is 1.49. The van der Waals surface area contributed by atoms with Crippen LogP contribution in [0.5, 0.6) is 0 Å². The first-order valence-electron chi connectivity index (χ1n) is 5.18. The minimum Gasteiger partial charge on any atom is -0.179 e. The number of halogens is 1. The first kappa shape index (κ1) is 11.9. The van der Waals surface area contributed by atoms with Crippen LogP contribution >= 0.6 is 24.2 Å². The molecule has 0 heterocycles. The van der Waals surface area contributed by atoms with E-state index in [0.29, 0.717) is 0 Å². The van der Waals surface area contributed by atoms with Gasteiger partial charge in [0.25, 0.3) is 0 Å². The van der Waals surface area contributed by atoms with Gasteiger partial charge in [0.2, 0.25) is 0 Å². The Morgan fingerprint density at radius 3 is 2.57 bits per heavy atom. The van der Waals surface area contributed by atoms with Crippen LogP contribution in [0.15, 0.2) is 24.3 Å². The highest BCUT2D eigenvalue weighted by Crippen LogP contribution is 2.13. The summed E-state index contributed by atoms with van der Waals surface area (Å²) in [5.74, 6) is 1.01. The standard InChI is InChI=1S/C12H17ClS/c13-12-8-5-7-11(10-12)6-3-1-2-4-9-14/h5,7-8,10,14H,1-4,6,9H2. The summed E-state index contributed by atoms with van der Waals surface area (Å²) in [4.78, 5) is 0. The molecule has 0 N–H and O–H groups in total. The van der Waals surface area contributed by atoms with Gasteiger partial charge >= 0.3 is 0 Å². The van der Waals surface area contributed by atoms with E-state index in [1.165, 1.54) is 31.2 Å². The molecule has 78 valence electrons. The number of unbranched alkanes of at least 4 members (excludes halogenated alkanes) is 3. The van der Waals surface area contributed by atoms with Gasteiger partial charge in [0, 0.05) is 5.02 Å². The highest BCUT2D eigenvalue weighted by Gasteiger charge is 1.94. The molecule has 1 aromatic carbocycles. The van der Waals surface area contributed by atoms with Crippen LogP contribution in [-0.2, 0) is 6.42 Å². The largest absolute Gasteiger partial charge is 0.179 e. The van der Waals surface area contributed by atoms with Crippen molar-refractivity contribution in [2.75, 3.05) is 5.75 Å². The quantitative estimate of drug-likeness (QED) is 0.543. The monoisotopic (exact) mass is 228 g/mol. The molecule has 0 amide bonds. The third-order valence-electron chi connectivity index (χ3n) is 2.26. The minimum absolute atomic E-state index is 0.845. The summed E-state index contributed by atoms with van der Waals surface area (Å²) < 4.78 is 0. The number of hydrogen-bond acceptors (Lipinski definition) is 1. The second kappa shape index (κ2) is 7.19. The summed E-state index contributed by atoms with van der Waals surface area (Å²) >= 11 is 10.1. The maximum Gasteiger partial charge on any atom is 0.0408 e. The molecule has 0 fully saturated rings. The lowest BCUT2D eigenvalue weighted by atomic mass is 10.1. The Hall–Kier alpha value is -0.140. The van der Waals surface area contributed by atoms with Crippen LogP contribution in [0.25, 0.3) is 0 Å². The summed E-state index contributed by atoms with van der Waals surface area (Å²) in [5.41, 5.74) is 1.35. The zero-order valence-corrected chi connectivity index (χ0v) is 10.0. The second-order valence-electron chi connectivity index (χ2n) is 3.52. The lowest BCUT2D eigenvalue weighted by Crippen LogP contribution is -1.86. The molecule has 2 heteroatoms. The number of thiol groups is 1. The van der Waals surface area contributed by atoms with Crippen LogP contribution in [0, 0.1) is 0 Å². The fourth-order valence-corrected chi connectivity index (χ4v) is 1.92. The molecule has 0 aliphatic rings. The van der Waals surface area contributed by atoms with Gasteiger partial charge in [-0.2, -0.15) is 12.6 Å². The van der Waals surface area contributed by atoms with Gasteiger partial charge in [0.1, 0.15) is 0 Å². The van der Waals surface area contributed by atoms with E-state index in [1.54, 1.807) is 0 Å². The average molecular weight is 229 g/mol. The molecule has 0 saturated carbocycles. The summed E-state index contributed by atoms with van der Waals surface area (Å²) in [5, 5.41) is 0.845. The van der Waals surface area contributed by atoms with Crippen molar-refractivity contribution in [1.82, 2.24) is 0 Å². The molecule has 14 heavy (non-hydrogen) atoms. The third kappa shape index (κ3) is 4.92. The van der Waals surface area contributed by atoms with Crippen LogP contribution in [0.4, 0.5) is 0 Å². The van der Waals surface area contributed by atoms with Crippen molar-refractivity contribution < 1.29 is 0 Å². The third-order valence-corrected chi connectivity index (χ3v) is 2.81. The molecule has 0 aromatic heterocycles. The van der Waals surface area contributed by atoms with E-state index >= 15 is 0 Å². The summed E-state index contributed by atoms with van der Waals surface area (Å²) in [6, 6.07) is 8.14. The smallest absolute Gasteiger partial charge is 0.0408 e. The Morgan fingerprint density at radius 2 is 1.86 bits per heavy atom. The molecule has 0 spiro atoms. The Labute approximate surface area is 97.1 Å². The second-order valence-corrected chi connectivity index (χ2v) is 4.40. The van der Waals surface area contributed by atoms with Gasteiger partial charge in [-0.05, 0) is 42.7 Å². The predicted molar refractivity (Wildman–Crippen MR) is 67.5 cm³/mol. The zero-order chi connectivity index (χ0) is 10.2.